The molecule has 2 heterocycles. The molecule has 0 saturated carbocycles. The topological polar surface area (TPSA) is 59.4 Å². The molecule has 1 aliphatic rings. The Bertz CT molecular complexity index is 626. The number of morpholine rings is 1. The van der Waals surface area contributed by atoms with Crippen molar-refractivity contribution in [2.24, 2.45) is 0 Å². The summed E-state index contributed by atoms with van der Waals surface area (Å²) < 4.78 is 7.31. The molecule has 3 rings (SSSR count). The maximum Gasteiger partial charge on any atom is 0.253 e. The van der Waals surface area contributed by atoms with Crippen LogP contribution in [0.15, 0.2) is 42.7 Å². The molecule has 1 amide bonds. The first-order valence-corrected chi connectivity index (χ1v) is 7.40. The standard InChI is InChI=1S/C16H20N4O2.ClH/c1-19(16(21)15-10-17-7-8-22-15)11-13-9-18-20(12-13)14-5-3-2-4-6-14;/h2-6,9,12,15,17H,7-8,10-11H2,1H3;1H. The van der Waals surface area contributed by atoms with E-state index in [0.717, 1.165) is 17.8 Å². The maximum absolute atomic E-state index is 12.3. The van der Waals surface area contributed by atoms with Gasteiger partial charge in [-0.25, -0.2) is 4.68 Å². The number of carbonyl (C=O) groups excluding carboxylic acids is 1. The third-order valence-electron chi connectivity index (χ3n) is 3.66. The van der Waals surface area contributed by atoms with Crippen molar-refractivity contribution >= 4 is 18.3 Å². The number of nitrogens with zero attached hydrogens (tertiary/aromatic N) is 3. The molecule has 1 aliphatic heterocycles. The van der Waals surface area contributed by atoms with Gasteiger partial charge in [0.25, 0.3) is 5.91 Å². The first kappa shape index (κ1) is 17.5. The van der Waals surface area contributed by atoms with Gasteiger partial charge in [-0.15, -0.1) is 12.4 Å². The lowest BCUT2D eigenvalue weighted by atomic mass is 10.2. The van der Waals surface area contributed by atoms with Crippen LogP contribution in [0.4, 0.5) is 0 Å². The van der Waals surface area contributed by atoms with E-state index in [2.05, 4.69) is 10.4 Å². The fourth-order valence-corrected chi connectivity index (χ4v) is 2.49. The highest BCUT2D eigenvalue weighted by molar-refractivity contribution is 5.85. The summed E-state index contributed by atoms with van der Waals surface area (Å²) in [7, 11) is 1.79. The average molecular weight is 337 g/mol. The van der Waals surface area contributed by atoms with Crippen LogP contribution < -0.4 is 5.32 Å². The van der Waals surface area contributed by atoms with Gasteiger partial charge in [0.05, 0.1) is 18.5 Å². The van der Waals surface area contributed by atoms with Crippen molar-refractivity contribution in [3.63, 3.8) is 0 Å². The van der Waals surface area contributed by atoms with E-state index in [1.807, 2.05) is 41.2 Å². The van der Waals surface area contributed by atoms with Gasteiger partial charge in [0.15, 0.2) is 0 Å². The van der Waals surface area contributed by atoms with Gasteiger partial charge in [0, 0.05) is 38.4 Å². The van der Waals surface area contributed by atoms with Crippen LogP contribution in [-0.2, 0) is 16.1 Å². The van der Waals surface area contributed by atoms with Crippen LogP contribution in [0.5, 0.6) is 0 Å². The van der Waals surface area contributed by atoms with Crippen molar-refractivity contribution in [1.82, 2.24) is 20.0 Å². The zero-order chi connectivity index (χ0) is 15.4. The normalized spacial score (nSPS) is 17.3. The molecule has 6 nitrogen and oxygen atoms in total. The second-order valence-corrected chi connectivity index (χ2v) is 5.39. The largest absolute Gasteiger partial charge is 0.366 e. The van der Waals surface area contributed by atoms with E-state index in [1.54, 1.807) is 18.1 Å². The lowest BCUT2D eigenvalue weighted by Crippen LogP contribution is -2.48. The predicted molar refractivity (Wildman–Crippen MR) is 89.9 cm³/mol. The Morgan fingerprint density at radius 3 is 2.91 bits per heavy atom. The quantitative estimate of drug-likeness (QED) is 0.912. The van der Waals surface area contributed by atoms with E-state index >= 15 is 0 Å². The van der Waals surface area contributed by atoms with Crippen molar-refractivity contribution in [1.29, 1.82) is 0 Å². The molecule has 1 atom stereocenters. The second-order valence-electron chi connectivity index (χ2n) is 5.39. The molecule has 1 saturated heterocycles. The zero-order valence-corrected chi connectivity index (χ0v) is 13.8. The maximum atomic E-state index is 12.3. The molecular formula is C16H21ClN4O2. The molecule has 1 unspecified atom stereocenters. The van der Waals surface area contributed by atoms with Crippen LogP contribution in [0.1, 0.15) is 5.56 Å². The summed E-state index contributed by atoms with van der Waals surface area (Å²) in [5, 5.41) is 7.52. The Balaban J connectivity index is 0.00000192. The summed E-state index contributed by atoms with van der Waals surface area (Å²) in [6.07, 6.45) is 3.35. The molecule has 0 radical (unpaired) electrons. The highest BCUT2D eigenvalue weighted by atomic mass is 35.5. The third kappa shape index (κ3) is 4.31. The van der Waals surface area contributed by atoms with E-state index in [-0.39, 0.29) is 24.4 Å². The number of para-hydroxylation sites is 1. The number of carbonyl (C=O) groups is 1. The molecule has 2 aromatic rings. The van der Waals surface area contributed by atoms with E-state index in [4.69, 9.17) is 4.74 Å². The SMILES string of the molecule is CN(Cc1cnn(-c2ccccc2)c1)C(=O)C1CNCCO1.Cl. The van der Waals surface area contributed by atoms with E-state index in [1.165, 1.54) is 0 Å². The van der Waals surface area contributed by atoms with Crippen molar-refractivity contribution in [2.45, 2.75) is 12.6 Å². The van der Waals surface area contributed by atoms with Gasteiger partial charge in [-0.2, -0.15) is 5.10 Å². The summed E-state index contributed by atoms with van der Waals surface area (Å²) >= 11 is 0. The summed E-state index contributed by atoms with van der Waals surface area (Å²) in [6, 6.07) is 9.90. The van der Waals surface area contributed by atoms with Crippen LogP contribution in [0.25, 0.3) is 5.69 Å². The summed E-state index contributed by atoms with van der Waals surface area (Å²) in [5.41, 5.74) is 1.99. The lowest BCUT2D eigenvalue weighted by Gasteiger charge is -2.27. The van der Waals surface area contributed by atoms with Crippen LogP contribution >= 0.6 is 12.4 Å². The fourth-order valence-electron chi connectivity index (χ4n) is 2.49. The number of likely N-dealkylation sites (N-methyl/N-ethyl adjacent to an activating group) is 1. The first-order chi connectivity index (χ1) is 10.7. The molecule has 0 spiro atoms. The highest BCUT2D eigenvalue weighted by Crippen LogP contribution is 2.10. The number of hydrogen-bond acceptors (Lipinski definition) is 4. The number of ether oxygens (including phenoxy) is 1. The number of amides is 1. The monoisotopic (exact) mass is 336 g/mol. The zero-order valence-electron chi connectivity index (χ0n) is 13.0. The molecule has 1 aromatic heterocycles. The third-order valence-corrected chi connectivity index (χ3v) is 3.66. The van der Waals surface area contributed by atoms with Crippen molar-refractivity contribution in [3.05, 3.63) is 48.3 Å². The Kier molecular flexibility index (Phi) is 6.15. The molecular weight excluding hydrogens is 316 g/mol. The van der Waals surface area contributed by atoms with E-state index in [9.17, 15) is 4.79 Å². The average Bonchev–Trinajstić information content (AvgIpc) is 3.04. The van der Waals surface area contributed by atoms with Gasteiger partial charge in [0.2, 0.25) is 0 Å². The fraction of sp³-hybridized carbons (Fsp3) is 0.375. The minimum atomic E-state index is -0.386. The predicted octanol–water partition coefficient (Wildman–Crippen LogP) is 1.24. The van der Waals surface area contributed by atoms with Gasteiger partial charge < -0.3 is 15.0 Å². The molecule has 0 bridgehead atoms. The lowest BCUT2D eigenvalue weighted by molar-refractivity contribution is -0.144. The molecule has 1 N–H and O–H groups in total. The second kappa shape index (κ2) is 8.10. The molecule has 1 aromatic carbocycles. The van der Waals surface area contributed by atoms with Gasteiger partial charge >= 0.3 is 0 Å². The minimum absolute atomic E-state index is 0. The van der Waals surface area contributed by atoms with E-state index < -0.39 is 0 Å². The molecule has 1 fully saturated rings. The van der Waals surface area contributed by atoms with Crippen LogP contribution in [-0.4, -0.2) is 53.4 Å². The Morgan fingerprint density at radius 2 is 2.22 bits per heavy atom. The van der Waals surface area contributed by atoms with Gasteiger partial charge in [-0.3, -0.25) is 4.79 Å². The molecule has 7 heteroatoms. The van der Waals surface area contributed by atoms with Crippen LogP contribution in [0.2, 0.25) is 0 Å². The van der Waals surface area contributed by atoms with Crippen LogP contribution in [0.3, 0.4) is 0 Å². The number of aromatic nitrogens is 2. The molecule has 23 heavy (non-hydrogen) atoms. The smallest absolute Gasteiger partial charge is 0.253 e. The van der Waals surface area contributed by atoms with Gasteiger partial charge in [-0.05, 0) is 12.1 Å². The van der Waals surface area contributed by atoms with Crippen molar-refractivity contribution in [2.75, 3.05) is 26.7 Å². The van der Waals surface area contributed by atoms with Crippen LogP contribution in [0, 0.1) is 0 Å². The summed E-state index contributed by atoms with van der Waals surface area (Å²) in [6.45, 7) is 2.48. The Morgan fingerprint density at radius 1 is 1.43 bits per heavy atom. The van der Waals surface area contributed by atoms with Gasteiger partial charge in [0.1, 0.15) is 6.10 Å². The first-order valence-electron chi connectivity index (χ1n) is 7.40. The molecule has 124 valence electrons. The molecule has 0 aliphatic carbocycles. The summed E-state index contributed by atoms with van der Waals surface area (Å²) in [5.74, 6) is -0.000314. The van der Waals surface area contributed by atoms with Gasteiger partial charge in [-0.1, -0.05) is 18.2 Å². The minimum Gasteiger partial charge on any atom is -0.366 e. The number of nitrogens with one attached hydrogen (secondary N) is 1. The summed E-state index contributed by atoms with van der Waals surface area (Å²) in [4.78, 5) is 14.0. The Labute approximate surface area is 141 Å². The number of benzene rings is 1. The Hall–Kier alpha value is -1.89. The number of halogens is 1. The van der Waals surface area contributed by atoms with Crippen molar-refractivity contribution < 1.29 is 9.53 Å². The number of hydrogen-bond donors (Lipinski definition) is 1. The van der Waals surface area contributed by atoms with Crippen molar-refractivity contribution in [3.8, 4) is 5.69 Å². The van der Waals surface area contributed by atoms with E-state index in [0.29, 0.717) is 19.7 Å². The highest BCUT2D eigenvalue weighted by Gasteiger charge is 2.25. The number of rotatable bonds is 4.